The van der Waals surface area contributed by atoms with E-state index < -0.39 is 0 Å². The number of benzene rings is 1. The number of alkyl halides is 1. The van der Waals surface area contributed by atoms with Gasteiger partial charge in [-0.05, 0) is 28.5 Å². The van der Waals surface area contributed by atoms with Gasteiger partial charge in [0, 0.05) is 22.7 Å². The SMILES string of the molecule is C(=C\c1c(-c2ccccc2)nc2n1CCS2)/c1cccs1.CI. The minimum atomic E-state index is 1.05. The molecule has 4 rings (SSSR count). The standard InChI is InChI=1S/C17H14N2S2.CH3I/c1-2-5-13(6-3-1)16-15(9-8-14-7-4-11-20-14)19-10-12-21-17(19)18-16;1-2/h1-9,11H,10,12H2;1H3/b9-8+;. The third-order valence-corrected chi connectivity index (χ3v) is 5.31. The monoisotopic (exact) mass is 452 g/mol. The summed E-state index contributed by atoms with van der Waals surface area (Å²) in [7, 11) is 0. The van der Waals surface area contributed by atoms with Crippen LogP contribution in [-0.2, 0) is 6.54 Å². The van der Waals surface area contributed by atoms with Gasteiger partial charge in [0.1, 0.15) is 0 Å². The van der Waals surface area contributed by atoms with Crippen molar-refractivity contribution in [3.05, 3.63) is 58.4 Å². The van der Waals surface area contributed by atoms with Crippen molar-refractivity contribution in [3.63, 3.8) is 0 Å². The van der Waals surface area contributed by atoms with Crippen molar-refractivity contribution < 1.29 is 0 Å². The molecular weight excluding hydrogens is 435 g/mol. The molecule has 5 heteroatoms. The summed E-state index contributed by atoms with van der Waals surface area (Å²) in [5.74, 6) is 1.12. The third kappa shape index (κ3) is 3.72. The summed E-state index contributed by atoms with van der Waals surface area (Å²) in [5.41, 5.74) is 3.49. The molecule has 1 aliphatic heterocycles. The van der Waals surface area contributed by atoms with E-state index in [0.29, 0.717) is 0 Å². The van der Waals surface area contributed by atoms with Gasteiger partial charge >= 0.3 is 0 Å². The van der Waals surface area contributed by atoms with E-state index in [9.17, 15) is 0 Å². The maximum absolute atomic E-state index is 4.84. The van der Waals surface area contributed by atoms with Crippen LogP contribution in [0.5, 0.6) is 0 Å². The molecule has 0 amide bonds. The zero-order valence-corrected chi connectivity index (χ0v) is 16.6. The van der Waals surface area contributed by atoms with E-state index in [2.05, 4.69) is 81.1 Å². The van der Waals surface area contributed by atoms with E-state index in [1.807, 2.05) is 22.8 Å². The van der Waals surface area contributed by atoms with Gasteiger partial charge in [0.2, 0.25) is 0 Å². The Kier molecular flexibility index (Phi) is 5.96. The van der Waals surface area contributed by atoms with Gasteiger partial charge in [0.15, 0.2) is 5.16 Å². The fourth-order valence-electron chi connectivity index (χ4n) is 2.52. The number of hydrogen-bond donors (Lipinski definition) is 0. The number of aromatic nitrogens is 2. The molecule has 0 saturated heterocycles. The fraction of sp³-hybridized carbons (Fsp3) is 0.167. The second kappa shape index (κ2) is 8.17. The number of thiophene rings is 1. The molecule has 3 heterocycles. The van der Waals surface area contributed by atoms with Gasteiger partial charge in [-0.2, -0.15) is 0 Å². The number of nitrogens with zero attached hydrogens (tertiary/aromatic N) is 2. The van der Waals surface area contributed by atoms with E-state index in [1.165, 1.54) is 16.1 Å². The van der Waals surface area contributed by atoms with E-state index in [0.717, 1.165) is 23.1 Å². The smallest absolute Gasteiger partial charge is 0.169 e. The molecule has 1 aromatic carbocycles. The molecule has 3 aromatic rings. The molecule has 0 spiro atoms. The molecule has 2 aromatic heterocycles. The Hall–Kier alpha value is -1.05. The number of fused-ring (bicyclic) bond motifs is 1. The molecule has 0 N–H and O–H groups in total. The Balaban J connectivity index is 0.000000753. The van der Waals surface area contributed by atoms with Gasteiger partial charge in [-0.3, -0.25) is 0 Å². The Morgan fingerprint density at radius 3 is 2.65 bits per heavy atom. The first-order valence-electron chi connectivity index (χ1n) is 7.30. The molecule has 0 aliphatic carbocycles. The number of halogens is 1. The summed E-state index contributed by atoms with van der Waals surface area (Å²) in [5, 5.41) is 3.24. The van der Waals surface area contributed by atoms with E-state index in [-0.39, 0.29) is 0 Å². The van der Waals surface area contributed by atoms with Crippen molar-refractivity contribution in [2.45, 2.75) is 11.7 Å². The van der Waals surface area contributed by atoms with Crippen molar-refractivity contribution in [3.8, 4) is 11.3 Å². The molecule has 0 radical (unpaired) electrons. The summed E-state index contributed by atoms with van der Waals surface area (Å²) in [6.07, 6.45) is 4.39. The molecule has 0 saturated carbocycles. The van der Waals surface area contributed by atoms with Crippen LogP contribution in [0, 0.1) is 0 Å². The largest absolute Gasteiger partial charge is 0.318 e. The Morgan fingerprint density at radius 2 is 1.91 bits per heavy atom. The highest BCUT2D eigenvalue weighted by atomic mass is 127. The molecule has 1 aliphatic rings. The molecule has 0 fully saturated rings. The topological polar surface area (TPSA) is 17.8 Å². The highest BCUT2D eigenvalue weighted by Crippen LogP contribution is 2.34. The predicted octanol–water partition coefficient (Wildman–Crippen LogP) is 5.94. The average molecular weight is 452 g/mol. The van der Waals surface area contributed by atoms with Gasteiger partial charge in [-0.25, -0.2) is 4.98 Å². The van der Waals surface area contributed by atoms with Crippen LogP contribution in [0.3, 0.4) is 0 Å². The maximum atomic E-state index is 4.84. The lowest BCUT2D eigenvalue weighted by molar-refractivity contribution is 0.713. The summed E-state index contributed by atoms with van der Waals surface area (Å²) >= 11 is 5.75. The molecular formula is C18H17IN2S2. The highest BCUT2D eigenvalue weighted by molar-refractivity contribution is 14.1. The lowest BCUT2D eigenvalue weighted by Crippen LogP contribution is -1.96. The van der Waals surface area contributed by atoms with Crippen LogP contribution in [0.4, 0.5) is 0 Å². The van der Waals surface area contributed by atoms with Crippen molar-refractivity contribution in [2.75, 3.05) is 10.7 Å². The number of thioether (sulfide) groups is 1. The van der Waals surface area contributed by atoms with Gasteiger partial charge < -0.3 is 4.57 Å². The van der Waals surface area contributed by atoms with Crippen LogP contribution >= 0.6 is 45.7 Å². The molecule has 2 nitrogen and oxygen atoms in total. The van der Waals surface area contributed by atoms with Crippen molar-refractivity contribution in [1.29, 1.82) is 0 Å². The van der Waals surface area contributed by atoms with Gasteiger partial charge in [-0.15, -0.1) is 11.3 Å². The summed E-state index contributed by atoms with van der Waals surface area (Å²) in [6.45, 7) is 1.05. The van der Waals surface area contributed by atoms with Crippen LogP contribution < -0.4 is 0 Å². The number of imidazole rings is 1. The van der Waals surface area contributed by atoms with Crippen LogP contribution in [0.15, 0.2) is 53.0 Å². The van der Waals surface area contributed by atoms with E-state index in [1.54, 1.807) is 11.3 Å². The predicted molar refractivity (Wildman–Crippen MR) is 112 cm³/mol. The lowest BCUT2D eigenvalue weighted by Gasteiger charge is -2.03. The van der Waals surface area contributed by atoms with Gasteiger partial charge in [-0.1, -0.05) is 70.8 Å². The van der Waals surface area contributed by atoms with Crippen molar-refractivity contribution in [2.24, 2.45) is 0 Å². The zero-order valence-electron chi connectivity index (χ0n) is 12.8. The first-order chi connectivity index (χ1) is 11.4. The van der Waals surface area contributed by atoms with Crippen LogP contribution in [0.2, 0.25) is 0 Å². The first-order valence-corrected chi connectivity index (χ1v) is 11.3. The van der Waals surface area contributed by atoms with Crippen molar-refractivity contribution in [1.82, 2.24) is 9.55 Å². The van der Waals surface area contributed by atoms with Crippen LogP contribution in [-0.4, -0.2) is 20.2 Å². The lowest BCUT2D eigenvalue weighted by atomic mass is 10.1. The Bertz CT molecular complexity index is 777. The van der Waals surface area contributed by atoms with Gasteiger partial charge in [0.05, 0.1) is 11.4 Å². The minimum Gasteiger partial charge on any atom is -0.318 e. The summed E-state index contributed by atoms with van der Waals surface area (Å²) in [4.78, 5) is 8.08. The molecule has 118 valence electrons. The zero-order chi connectivity index (χ0) is 16.1. The quantitative estimate of drug-likeness (QED) is 0.362. The summed E-state index contributed by atoms with van der Waals surface area (Å²) < 4.78 is 2.33. The molecule has 0 unspecified atom stereocenters. The molecule has 0 bridgehead atoms. The van der Waals surface area contributed by atoms with Crippen LogP contribution in [0.25, 0.3) is 23.4 Å². The Morgan fingerprint density at radius 1 is 1.09 bits per heavy atom. The molecule has 23 heavy (non-hydrogen) atoms. The minimum absolute atomic E-state index is 1.05. The second-order valence-corrected chi connectivity index (χ2v) is 6.88. The normalized spacial score (nSPS) is 13.0. The number of rotatable bonds is 3. The van der Waals surface area contributed by atoms with Crippen molar-refractivity contribution >= 4 is 57.8 Å². The second-order valence-electron chi connectivity index (χ2n) is 4.84. The first kappa shape index (κ1) is 16.8. The number of hydrogen-bond acceptors (Lipinski definition) is 3. The van der Waals surface area contributed by atoms with E-state index >= 15 is 0 Å². The summed E-state index contributed by atoms with van der Waals surface area (Å²) in [6, 6.07) is 14.7. The fourth-order valence-corrected chi connectivity index (χ4v) is 4.10. The van der Waals surface area contributed by atoms with E-state index in [4.69, 9.17) is 4.98 Å². The Labute approximate surface area is 158 Å². The van der Waals surface area contributed by atoms with Gasteiger partial charge in [0.25, 0.3) is 0 Å². The third-order valence-electron chi connectivity index (χ3n) is 3.51. The maximum Gasteiger partial charge on any atom is 0.169 e. The highest BCUT2D eigenvalue weighted by Gasteiger charge is 2.20. The average Bonchev–Trinajstić information content (AvgIpc) is 3.33. The molecule has 0 atom stereocenters. The van der Waals surface area contributed by atoms with Crippen LogP contribution in [0.1, 0.15) is 10.6 Å².